The zero-order valence-electron chi connectivity index (χ0n) is 12.6. The number of nitrogens with zero attached hydrogens (tertiary/aromatic N) is 4. The van der Waals surface area contributed by atoms with E-state index in [0.717, 1.165) is 9.25 Å². The van der Waals surface area contributed by atoms with E-state index in [2.05, 4.69) is 5.10 Å². The second kappa shape index (κ2) is 6.65. The molecule has 2 rings (SSSR count). The SMILES string of the molecule is CN(CCOc1ccc(Cl)cc1)c1nn(C)c(=O)n(C)c1=O. The summed E-state index contributed by atoms with van der Waals surface area (Å²) in [5.41, 5.74) is -0.892. The molecule has 0 N–H and O–H groups in total. The van der Waals surface area contributed by atoms with Crippen LogP contribution in [0.1, 0.15) is 0 Å². The van der Waals surface area contributed by atoms with E-state index in [4.69, 9.17) is 16.3 Å². The van der Waals surface area contributed by atoms with Crippen LogP contribution in [0.2, 0.25) is 5.02 Å². The van der Waals surface area contributed by atoms with Gasteiger partial charge in [0.15, 0.2) is 0 Å². The third-order valence-corrected chi connectivity index (χ3v) is 3.43. The third kappa shape index (κ3) is 3.48. The van der Waals surface area contributed by atoms with Crippen molar-refractivity contribution in [1.82, 2.24) is 14.3 Å². The van der Waals surface area contributed by atoms with Gasteiger partial charge in [-0.2, -0.15) is 0 Å². The van der Waals surface area contributed by atoms with Gasteiger partial charge in [-0.15, -0.1) is 5.10 Å². The lowest BCUT2D eigenvalue weighted by atomic mass is 10.3. The Hall–Kier alpha value is -2.28. The van der Waals surface area contributed by atoms with E-state index in [-0.39, 0.29) is 5.82 Å². The molecule has 22 heavy (non-hydrogen) atoms. The standard InChI is InChI=1S/C14H17ClN4O3/c1-17(8-9-22-11-6-4-10(15)5-7-11)12-13(20)18(2)14(21)19(3)16-12/h4-7H,8-9H2,1-3H3. The maximum Gasteiger partial charge on any atom is 0.346 e. The molecule has 0 radical (unpaired) electrons. The van der Waals surface area contributed by atoms with Crippen LogP contribution in [0.25, 0.3) is 0 Å². The first-order chi connectivity index (χ1) is 10.4. The van der Waals surface area contributed by atoms with Gasteiger partial charge >= 0.3 is 5.69 Å². The van der Waals surface area contributed by atoms with Crippen molar-refractivity contribution in [3.8, 4) is 5.75 Å². The second-order valence-corrected chi connectivity index (χ2v) is 5.25. The molecule has 0 saturated carbocycles. The molecule has 0 amide bonds. The number of rotatable bonds is 5. The number of ether oxygens (including phenoxy) is 1. The fraction of sp³-hybridized carbons (Fsp3) is 0.357. The summed E-state index contributed by atoms with van der Waals surface area (Å²) in [5, 5.41) is 4.64. The van der Waals surface area contributed by atoms with E-state index in [1.807, 2.05) is 0 Å². The van der Waals surface area contributed by atoms with Crippen molar-refractivity contribution in [2.24, 2.45) is 14.1 Å². The topological polar surface area (TPSA) is 69.4 Å². The quantitative estimate of drug-likeness (QED) is 0.807. The monoisotopic (exact) mass is 324 g/mol. The smallest absolute Gasteiger partial charge is 0.346 e. The number of anilines is 1. The van der Waals surface area contributed by atoms with Crippen LogP contribution in [-0.2, 0) is 14.1 Å². The first-order valence-corrected chi connectivity index (χ1v) is 7.02. The van der Waals surface area contributed by atoms with Crippen LogP contribution >= 0.6 is 11.6 Å². The van der Waals surface area contributed by atoms with Crippen LogP contribution in [0.3, 0.4) is 0 Å². The number of hydrogen-bond acceptors (Lipinski definition) is 5. The van der Waals surface area contributed by atoms with Crippen molar-refractivity contribution in [1.29, 1.82) is 0 Å². The molecule has 1 heterocycles. The van der Waals surface area contributed by atoms with Crippen molar-refractivity contribution in [2.75, 3.05) is 25.1 Å². The van der Waals surface area contributed by atoms with Gasteiger partial charge in [-0.05, 0) is 24.3 Å². The minimum Gasteiger partial charge on any atom is -0.492 e. The Morgan fingerprint density at radius 3 is 2.50 bits per heavy atom. The molecule has 0 spiro atoms. The first-order valence-electron chi connectivity index (χ1n) is 6.64. The van der Waals surface area contributed by atoms with Crippen molar-refractivity contribution in [3.05, 3.63) is 50.1 Å². The van der Waals surface area contributed by atoms with Crippen molar-refractivity contribution in [3.63, 3.8) is 0 Å². The van der Waals surface area contributed by atoms with Crippen molar-refractivity contribution < 1.29 is 4.74 Å². The fourth-order valence-corrected chi connectivity index (χ4v) is 1.98. The minimum atomic E-state index is -0.459. The summed E-state index contributed by atoms with van der Waals surface area (Å²) >= 11 is 5.80. The number of likely N-dealkylation sites (N-methyl/N-ethyl adjacent to an activating group) is 1. The Morgan fingerprint density at radius 1 is 1.23 bits per heavy atom. The lowest BCUT2D eigenvalue weighted by Gasteiger charge is -2.18. The molecule has 0 aliphatic heterocycles. The van der Waals surface area contributed by atoms with Crippen molar-refractivity contribution in [2.45, 2.75) is 0 Å². The molecule has 0 saturated heterocycles. The molecular weight excluding hydrogens is 308 g/mol. The fourth-order valence-electron chi connectivity index (χ4n) is 1.86. The predicted octanol–water partition coefficient (Wildman–Crippen LogP) is 0.648. The molecule has 1 aromatic carbocycles. The van der Waals surface area contributed by atoms with Crippen LogP contribution in [0.4, 0.5) is 5.82 Å². The molecule has 2 aromatic rings. The number of benzene rings is 1. The van der Waals surface area contributed by atoms with Gasteiger partial charge in [0, 0.05) is 26.2 Å². The Morgan fingerprint density at radius 2 is 1.86 bits per heavy atom. The van der Waals surface area contributed by atoms with Crippen molar-refractivity contribution >= 4 is 17.4 Å². The van der Waals surface area contributed by atoms with Crippen LogP contribution in [0.5, 0.6) is 5.75 Å². The van der Waals surface area contributed by atoms with Gasteiger partial charge in [0.25, 0.3) is 5.56 Å². The second-order valence-electron chi connectivity index (χ2n) is 4.82. The molecule has 0 bridgehead atoms. The summed E-state index contributed by atoms with van der Waals surface area (Å²) in [6.07, 6.45) is 0. The molecular formula is C14H17ClN4O3. The maximum atomic E-state index is 12.0. The van der Waals surface area contributed by atoms with Gasteiger partial charge < -0.3 is 9.64 Å². The van der Waals surface area contributed by atoms with Crippen LogP contribution in [-0.4, -0.2) is 34.5 Å². The molecule has 0 unspecified atom stereocenters. The number of aromatic nitrogens is 3. The van der Waals surface area contributed by atoms with E-state index in [9.17, 15) is 9.59 Å². The van der Waals surface area contributed by atoms with Crippen LogP contribution in [0.15, 0.2) is 33.9 Å². The molecule has 0 atom stereocenters. The predicted molar refractivity (Wildman–Crippen MR) is 84.9 cm³/mol. The van der Waals surface area contributed by atoms with Crippen LogP contribution < -0.4 is 20.9 Å². The average molecular weight is 325 g/mol. The van der Waals surface area contributed by atoms with Gasteiger partial charge in [0.1, 0.15) is 12.4 Å². The highest BCUT2D eigenvalue weighted by Crippen LogP contribution is 2.15. The highest BCUT2D eigenvalue weighted by atomic mass is 35.5. The normalized spacial score (nSPS) is 10.5. The van der Waals surface area contributed by atoms with E-state index in [1.165, 1.54) is 14.1 Å². The molecule has 1 aromatic heterocycles. The summed E-state index contributed by atoms with van der Waals surface area (Å²) in [5.74, 6) is 0.892. The maximum absolute atomic E-state index is 12.0. The minimum absolute atomic E-state index is 0.198. The number of hydrogen-bond donors (Lipinski definition) is 0. The van der Waals surface area contributed by atoms with Gasteiger partial charge in [0.05, 0.1) is 6.54 Å². The third-order valence-electron chi connectivity index (χ3n) is 3.18. The Labute approximate surface area is 132 Å². The highest BCUT2D eigenvalue weighted by molar-refractivity contribution is 6.30. The summed E-state index contributed by atoms with van der Waals surface area (Å²) in [6.45, 7) is 0.814. The summed E-state index contributed by atoms with van der Waals surface area (Å²) in [6, 6.07) is 7.02. The zero-order valence-corrected chi connectivity index (χ0v) is 13.4. The van der Waals surface area contributed by atoms with E-state index in [0.29, 0.717) is 23.9 Å². The highest BCUT2D eigenvalue weighted by Gasteiger charge is 2.12. The zero-order chi connectivity index (χ0) is 16.3. The lowest BCUT2D eigenvalue weighted by Crippen LogP contribution is -2.42. The molecule has 0 aliphatic carbocycles. The number of aryl methyl sites for hydroxylation is 1. The van der Waals surface area contributed by atoms with E-state index < -0.39 is 11.2 Å². The van der Waals surface area contributed by atoms with E-state index in [1.54, 1.807) is 36.2 Å². The van der Waals surface area contributed by atoms with Gasteiger partial charge in [0.2, 0.25) is 5.82 Å². The molecule has 8 heteroatoms. The number of halogens is 1. The summed E-state index contributed by atoms with van der Waals surface area (Å²) in [7, 11) is 4.65. The lowest BCUT2D eigenvalue weighted by molar-refractivity contribution is 0.325. The molecule has 118 valence electrons. The van der Waals surface area contributed by atoms with E-state index >= 15 is 0 Å². The Balaban J connectivity index is 2.04. The summed E-state index contributed by atoms with van der Waals surface area (Å²) in [4.78, 5) is 25.3. The Kier molecular flexibility index (Phi) is 4.87. The van der Waals surface area contributed by atoms with Gasteiger partial charge in [-0.3, -0.25) is 9.36 Å². The van der Waals surface area contributed by atoms with Gasteiger partial charge in [-0.25, -0.2) is 9.48 Å². The van der Waals surface area contributed by atoms with Crippen LogP contribution in [0, 0.1) is 0 Å². The average Bonchev–Trinajstić information content (AvgIpc) is 2.50. The molecule has 0 fully saturated rings. The largest absolute Gasteiger partial charge is 0.492 e. The first kappa shape index (κ1) is 16.1. The Bertz CT molecular complexity index is 767. The van der Waals surface area contributed by atoms with Gasteiger partial charge in [-0.1, -0.05) is 11.6 Å². The molecule has 7 nitrogen and oxygen atoms in total. The molecule has 0 aliphatic rings. The summed E-state index contributed by atoms with van der Waals surface area (Å²) < 4.78 is 7.73.